The number of carbonyl (C=O) groups excluding carboxylic acids is 2. The van der Waals surface area contributed by atoms with E-state index in [9.17, 15) is 14.0 Å². The van der Waals surface area contributed by atoms with Crippen LogP contribution in [-0.4, -0.2) is 18.4 Å². The van der Waals surface area contributed by atoms with E-state index in [1.165, 1.54) is 12.1 Å². The zero-order chi connectivity index (χ0) is 19.2. The Kier molecular flexibility index (Phi) is 6.01. The Morgan fingerprint density at radius 1 is 1.07 bits per heavy atom. The number of nitrogens with one attached hydrogen (secondary N) is 1. The number of rotatable bonds is 8. The largest absolute Gasteiger partial charge is 0.352 e. The van der Waals surface area contributed by atoms with Gasteiger partial charge in [0, 0.05) is 18.2 Å². The van der Waals surface area contributed by atoms with E-state index >= 15 is 0 Å². The Morgan fingerprint density at radius 3 is 2.30 bits per heavy atom. The standard InChI is InChI=1S/C22H23FN2O2/c1-2-13-24-21(26)14-16-5-11-20(12-6-16)25(22(27)18-7-8-18)15-17-3-9-19(23)10-4-17/h2-6,9-12,18H,1,7-8,13-15H2,(H,24,26). The van der Waals surface area contributed by atoms with Crippen LogP contribution in [0, 0.1) is 11.7 Å². The molecule has 2 aromatic rings. The molecule has 2 amide bonds. The lowest BCUT2D eigenvalue weighted by Crippen LogP contribution is -2.31. The number of hydrogen-bond acceptors (Lipinski definition) is 2. The Hall–Kier alpha value is -2.95. The first-order valence-corrected chi connectivity index (χ1v) is 9.09. The van der Waals surface area contributed by atoms with Gasteiger partial charge in [0.2, 0.25) is 11.8 Å². The first-order valence-electron chi connectivity index (χ1n) is 9.09. The molecule has 0 radical (unpaired) electrons. The minimum Gasteiger partial charge on any atom is -0.352 e. The van der Waals surface area contributed by atoms with Gasteiger partial charge in [-0.15, -0.1) is 6.58 Å². The van der Waals surface area contributed by atoms with Crippen molar-refractivity contribution in [2.24, 2.45) is 5.92 Å². The first kappa shape index (κ1) is 18.8. The third-order valence-electron chi connectivity index (χ3n) is 4.50. The molecule has 1 saturated carbocycles. The third-order valence-corrected chi connectivity index (χ3v) is 4.50. The number of anilines is 1. The van der Waals surface area contributed by atoms with Crippen LogP contribution in [0.25, 0.3) is 0 Å². The summed E-state index contributed by atoms with van der Waals surface area (Å²) < 4.78 is 13.2. The van der Waals surface area contributed by atoms with Crippen molar-refractivity contribution >= 4 is 17.5 Å². The highest BCUT2D eigenvalue weighted by atomic mass is 19.1. The average Bonchev–Trinajstić information content (AvgIpc) is 3.51. The van der Waals surface area contributed by atoms with E-state index in [2.05, 4.69) is 11.9 Å². The van der Waals surface area contributed by atoms with Gasteiger partial charge in [-0.2, -0.15) is 0 Å². The average molecular weight is 366 g/mol. The molecule has 0 aliphatic heterocycles. The second-order valence-electron chi connectivity index (χ2n) is 6.76. The van der Waals surface area contributed by atoms with Crippen molar-refractivity contribution in [3.8, 4) is 0 Å². The van der Waals surface area contributed by atoms with Gasteiger partial charge < -0.3 is 10.2 Å². The van der Waals surface area contributed by atoms with E-state index in [0.717, 1.165) is 29.7 Å². The predicted octanol–water partition coefficient (Wildman–Crippen LogP) is 3.61. The Labute approximate surface area is 158 Å². The van der Waals surface area contributed by atoms with Crippen LogP contribution in [0.4, 0.5) is 10.1 Å². The highest BCUT2D eigenvalue weighted by Gasteiger charge is 2.34. The molecule has 0 saturated heterocycles. The normalized spacial score (nSPS) is 13.1. The van der Waals surface area contributed by atoms with Gasteiger partial charge in [-0.1, -0.05) is 30.3 Å². The monoisotopic (exact) mass is 366 g/mol. The van der Waals surface area contributed by atoms with Crippen LogP contribution in [0.3, 0.4) is 0 Å². The second kappa shape index (κ2) is 8.62. The fourth-order valence-corrected chi connectivity index (χ4v) is 2.85. The number of hydrogen-bond donors (Lipinski definition) is 1. The molecule has 3 rings (SSSR count). The molecule has 0 aromatic heterocycles. The molecule has 0 heterocycles. The van der Waals surface area contributed by atoms with E-state index in [1.807, 2.05) is 24.3 Å². The molecule has 1 N–H and O–H groups in total. The van der Waals surface area contributed by atoms with Gasteiger partial charge in [-0.05, 0) is 48.2 Å². The quantitative estimate of drug-likeness (QED) is 0.726. The Morgan fingerprint density at radius 2 is 1.70 bits per heavy atom. The lowest BCUT2D eigenvalue weighted by molar-refractivity contribution is -0.120. The zero-order valence-electron chi connectivity index (χ0n) is 15.2. The van der Waals surface area contributed by atoms with Crippen LogP contribution in [0.15, 0.2) is 61.2 Å². The summed E-state index contributed by atoms with van der Waals surface area (Å²) in [5, 5.41) is 2.74. The minimum absolute atomic E-state index is 0.0696. The van der Waals surface area contributed by atoms with Crippen molar-refractivity contribution in [3.63, 3.8) is 0 Å². The van der Waals surface area contributed by atoms with Gasteiger partial charge in [-0.3, -0.25) is 9.59 Å². The van der Waals surface area contributed by atoms with Gasteiger partial charge >= 0.3 is 0 Å². The van der Waals surface area contributed by atoms with Gasteiger partial charge in [0.05, 0.1) is 13.0 Å². The lowest BCUT2D eigenvalue weighted by atomic mass is 10.1. The maximum absolute atomic E-state index is 13.2. The van der Waals surface area contributed by atoms with Crippen molar-refractivity contribution in [1.82, 2.24) is 5.32 Å². The number of nitrogens with zero attached hydrogens (tertiary/aromatic N) is 1. The lowest BCUT2D eigenvalue weighted by Gasteiger charge is -2.23. The molecule has 1 fully saturated rings. The smallest absolute Gasteiger partial charge is 0.230 e. The van der Waals surface area contributed by atoms with Crippen molar-refractivity contribution in [2.45, 2.75) is 25.8 Å². The summed E-state index contributed by atoms with van der Waals surface area (Å²) in [6.07, 6.45) is 3.75. The highest BCUT2D eigenvalue weighted by molar-refractivity contribution is 5.96. The number of halogens is 1. The Balaban J connectivity index is 1.73. The molecule has 1 aliphatic rings. The number of carbonyl (C=O) groups is 2. The van der Waals surface area contributed by atoms with Gasteiger partial charge in [0.15, 0.2) is 0 Å². The first-order chi connectivity index (χ1) is 13.1. The molecule has 2 aromatic carbocycles. The van der Waals surface area contributed by atoms with E-state index in [1.54, 1.807) is 23.1 Å². The molecule has 1 aliphatic carbocycles. The van der Waals surface area contributed by atoms with Crippen molar-refractivity contribution in [2.75, 3.05) is 11.4 Å². The summed E-state index contributed by atoms with van der Waals surface area (Å²) in [6.45, 7) is 4.41. The van der Waals surface area contributed by atoms with Gasteiger partial charge in [0.1, 0.15) is 5.82 Å². The third kappa shape index (κ3) is 5.26. The molecule has 0 bridgehead atoms. The molecule has 4 nitrogen and oxygen atoms in total. The van der Waals surface area contributed by atoms with Crippen molar-refractivity contribution in [3.05, 3.63) is 78.1 Å². The van der Waals surface area contributed by atoms with E-state index in [-0.39, 0.29) is 30.0 Å². The molecule has 140 valence electrons. The van der Waals surface area contributed by atoms with Crippen molar-refractivity contribution < 1.29 is 14.0 Å². The summed E-state index contributed by atoms with van der Waals surface area (Å²) in [5.41, 5.74) is 2.53. The van der Waals surface area contributed by atoms with Crippen LogP contribution in [-0.2, 0) is 22.6 Å². The van der Waals surface area contributed by atoms with E-state index < -0.39 is 0 Å². The molecular formula is C22H23FN2O2. The Bertz CT molecular complexity index is 811. The molecule has 0 spiro atoms. The minimum atomic E-state index is -0.294. The highest BCUT2D eigenvalue weighted by Crippen LogP contribution is 2.33. The number of amides is 2. The predicted molar refractivity (Wildman–Crippen MR) is 104 cm³/mol. The fraction of sp³-hybridized carbons (Fsp3) is 0.273. The second-order valence-corrected chi connectivity index (χ2v) is 6.76. The SMILES string of the molecule is C=CCNC(=O)Cc1ccc(N(Cc2ccc(F)cc2)C(=O)C2CC2)cc1. The van der Waals surface area contributed by atoms with Crippen LogP contribution in [0.1, 0.15) is 24.0 Å². The zero-order valence-corrected chi connectivity index (χ0v) is 15.2. The molecule has 0 atom stereocenters. The molecular weight excluding hydrogens is 343 g/mol. The van der Waals surface area contributed by atoms with Crippen LogP contribution < -0.4 is 10.2 Å². The van der Waals surface area contributed by atoms with Crippen LogP contribution >= 0.6 is 0 Å². The summed E-state index contributed by atoms with van der Waals surface area (Å²) >= 11 is 0. The van der Waals surface area contributed by atoms with E-state index in [4.69, 9.17) is 0 Å². The summed E-state index contributed by atoms with van der Waals surface area (Å²) in [4.78, 5) is 26.3. The van der Waals surface area contributed by atoms with Gasteiger partial charge in [0.25, 0.3) is 0 Å². The topological polar surface area (TPSA) is 49.4 Å². The van der Waals surface area contributed by atoms with Crippen LogP contribution in [0.5, 0.6) is 0 Å². The molecule has 5 heteroatoms. The molecule has 27 heavy (non-hydrogen) atoms. The molecule has 0 unspecified atom stereocenters. The maximum atomic E-state index is 13.2. The van der Waals surface area contributed by atoms with E-state index in [0.29, 0.717) is 13.1 Å². The summed E-state index contributed by atoms with van der Waals surface area (Å²) in [7, 11) is 0. The maximum Gasteiger partial charge on any atom is 0.230 e. The van der Waals surface area contributed by atoms with Gasteiger partial charge in [-0.25, -0.2) is 4.39 Å². The summed E-state index contributed by atoms with van der Waals surface area (Å²) in [5.74, 6) is -0.191. The number of benzene rings is 2. The van der Waals surface area contributed by atoms with Crippen LogP contribution in [0.2, 0.25) is 0 Å². The fourth-order valence-electron chi connectivity index (χ4n) is 2.85. The van der Waals surface area contributed by atoms with Crippen molar-refractivity contribution in [1.29, 1.82) is 0 Å². The summed E-state index contributed by atoms with van der Waals surface area (Å²) in [6, 6.07) is 13.6.